The number of halogens is 1. The molecule has 0 unspecified atom stereocenters. The molecule has 0 fully saturated rings. The maximum atomic E-state index is 12.3. The lowest BCUT2D eigenvalue weighted by atomic mass is 10.1. The molecule has 0 aliphatic carbocycles. The van der Waals surface area contributed by atoms with Gasteiger partial charge in [-0.1, -0.05) is 11.6 Å². The van der Waals surface area contributed by atoms with Crippen molar-refractivity contribution in [3.05, 3.63) is 28.8 Å². The molecule has 0 spiro atoms. The number of carboxylic acid groups (broad SMARTS) is 1. The van der Waals surface area contributed by atoms with Crippen LogP contribution in [0.5, 0.6) is 0 Å². The number of benzene rings is 1. The predicted octanol–water partition coefficient (Wildman–Crippen LogP) is 3.41. The summed E-state index contributed by atoms with van der Waals surface area (Å²) in [5.74, 6) is -1.22. The standard InChI is InChI=1S/C17H23ClN2O4/c1-3-20(4-2)17(24)13-10-9-12(11-14(13)18)19-15(21)7-5-6-8-16(22)23/h9-11H,3-8H2,1-2H3,(H,19,21)(H,22,23). The Morgan fingerprint density at radius 2 is 1.75 bits per heavy atom. The Labute approximate surface area is 146 Å². The first-order chi connectivity index (χ1) is 11.4. The summed E-state index contributed by atoms with van der Waals surface area (Å²) in [6, 6.07) is 4.79. The van der Waals surface area contributed by atoms with E-state index in [-0.39, 0.29) is 29.7 Å². The Hall–Kier alpha value is -2.08. The number of carboxylic acids is 1. The summed E-state index contributed by atoms with van der Waals surface area (Å²) < 4.78 is 0. The Morgan fingerprint density at radius 3 is 2.29 bits per heavy atom. The number of nitrogens with zero attached hydrogens (tertiary/aromatic N) is 1. The smallest absolute Gasteiger partial charge is 0.303 e. The minimum absolute atomic E-state index is 0.0568. The number of hydrogen-bond donors (Lipinski definition) is 2. The summed E-state index contributed by atoms with van der Waals surface area (Å²) >= 11 is 6.16. The highest BCUT2D eigenvalue weighted by molar-refractivity contribution is 6.34. The lowest BCUT2D eigenvalue weighted by Crippen LogP contribution is -2.30. The molecule has 0 radical (unpaired) electrons. The number of hydrogen-bond acceptors (Lipinski definition) is 3. The van der Waals surface area contributed by atoms with Crippen molar-refractivity contribution in [1.82, 2.24) is 4.90 Å². The van der Waals surface area contributed by atoms with E-state index in [0.717, 1.165) is 0 Å². The highest BCUT2D eigenvalue weighted by Gasteiger charge is 2.16. The van der Waals surface area contributed by atoms with Gasteiger partial charge in [0.2, 0.25) is 5.91 Å². The molecule has 0 aliphatic heterocycles. The second-order valence-electron chi connectivity index (χ2n) is 5.32. The number of rotatable bonds is 9. The molecule has 2 N–H and O–H groups in total. The summed E-state index contributed by atoms with van der Waals surface area (Å²) in [5, 5.41) is 11.5. The number of nitrogens with one attached hydrogen (secondary N) is 1. The van der Waals surface area contributed by atoms with Crippen LogP contribution in [0.3, 0.4) is 0 Å². The number of anilines is 1. The SMILES string of the molecule is CCN(CC)C(=O)c1ccc(NC(=O)CCCCC(=O)O)cc1Cl. The fourth-order valence-electron chi connectivity index (χ4n) is 2.23. The van der Waals surface area contributed by atoms with Gasteiger partial charge in [0.1, 0.15) is 0 Å². The Bertz CT molecular complexity index is 600. The van der Waals surface area contributed by atoms with E-state index in [1.165, 1.54) is 0 Å². The van der Waals surface area contributed by atoms with Crippen molar-refractivity contribution in [3.63, 3.8) is 0 Å². The maximum Gasteiger partial charge on any atom is 0.303 e. The summed E-state index contributed by atoms with van der Waals surface area (Å²) in [6.45, 7) is 4.99. The molecule has 6 nitrogen and oxygen atoms in total. The molecular formula is C17H23ClN2O4. The second-order valence-corrected chi connectivity index (χ2v) is 5.73. The Balaban J connectivity index is 2.62. The molecule has 24 heavy (non-hydrogen) atoms. The van der Waals surface area contributed by atoms with Crippen LogP contribution in [0.4, 0.5) is 5.69 Å². The number of carbonyl (C=O) groups is 3. The van der Waals surface area contributed by atoms with Crippen molar-refractivity contribution in [2.75, 3.05) is 18.4 Å². The molecule has 0 aromatic heterocycles. The van der Waals surface area contributed by atoms with Crippen molar-refractivity contribution in [3.8, 4) is 0 Å². The Morgan fingerprint density at radius 1 is 1.12 bits per heavy atom. The van der Waals surface area contributed by atoms with Gasteiger partial charge in [0.15, 0.2) is 0 Å². The average Bonchev–Trinajstić information content (AvgIpc) is 2.52. The van der Waals surface area contributed by atoms with Crippen LogP contribution < -0.4 is 5.32 Å². The van der Waals surface area contributed by atoms with E-state index in [4.69, 9.17) is 16.7 Å². The van der Waals surface area contributed by atoms with Crippen LogP contribution in [-0.2, 0) is 9.59 Å². The molecule has 132 valence electrons. The lowest BCUT2D eigenvalue weighted by molar-refractivity contribution is -0.137. The summed E-state index contributed by atoms with van der Waals surface area (Å²) in [4.78, 5) is 36.2. The molecule has 0 heterocycles. The first kappa shape index (κ1) is 20.0. The molecule has 2 amide bonds. The van der Waals surface area contributed by atoms with Crippen LogP contribution in [0.1, 0.15) is 49.9 Å². The van der Waals surface area contributed by atoms with E-state index in [2.05, 4.69) is 5.32 Å². The molecule has 0 atom stereocenters. The fourth-order valence-corrected chi connectivity index (χ4v) is 2.49. The van der Waals surface area contributed by atoms with Crippen LogP contribution in [0.15, 0.2) is 18.2 Å². The number of carbonyl (C=O) groups excluding carboxylic acids is 2. The topological polar surface area (TPSA) is 86.7 Å². The highest BCUT2D eigenvalue weighted by Crippen LogP contribution is 2.22. The molecule has 0 saturated heterocycles. The largest absolute Gasteiger partial charge is 0.481 e. The molecular weight excluding hydrogens is 332 g/mol. The summed E-state index contributed by atoms with van der Waals surface area (Å²) in [7, 11) is 0. The van der Waals surface area contributed by atoms with E-state index in [1.807, 2.05) is 13.8 Å². The minimum atomic E-state index is -0.865. The van der Waals surface area contributed by atoms with Gasteiger partial charge in [-0.05, 0) is 44.9 Å². The predicted molar refractivity (Wildman–Crippen MR) is 93.4 cm³/mol. The van der Waals surface area contributed by atoms with Crippen LogP contribution in [0, 0.1) is 0 Å². The van der Waals surface area contributed by atoms with Gasteiger partial charge >= 0.3 is 5.97 Å². The minimum Gasteiger partial charge on any atom is -0.481 e. The summed E-state index contributed by atoms with van der Waals surface area (Å²) in [5.41, 5.74) is 0.916. The van der Waals surface area contributed by atoms with Crippen molar-refractivity contribution in [2.45, 2.75) is 39.5 Å². The van der Waals surface area contributed by atoms with E-state index in [0.29, 0.717) is 37.2 Å². The van der Waals surface area contributed by atoms with Gasteiger partial charge in [0, 0.05) is 31.6 Å². The normalized spacial score (nSPS) is 10.3. The third-order valence-corrected chi connectivity index (χ3v) is 3.89. The summed E-state index contributed by atoms with van der Waals surface area (Å²) in [6.07, 6.45) is 1.26. The third kappa shape index (κ3) is 6.20. The molecule has 1 rings (SSSR count). The molecule has 1 aromatic carbocycles. The third-order valence-electron chi connectivity index (χ3n) is 3.58. The van der Waals surface area contributed by atoms with Gasteiger partial charge in [-0.15, -0.1) is 0 Å². The monoisotopic (exact) mass is 354 g/mol. The fraction of sp³-hybridized carbons (Fsp3) is 0.471. The van der Waals surface area contributed by atoms with E-state index in [9.17, 15) is 14.4 Å². The van der Waals surface area contributed by atoms with Crippen LogP contribution in [0.2, 0.25) is 5.02 Å². The molecule has 7 heteroatoms. The van der Waals surface area contributed by atoms with Crippen molar-refractivity contribution < 1.29 is 19.5 Å². The van der Waals surface area contributed by atoms with Gasteiger partial charge in [0.05, 0.1) is 10.6 Å². The average molecular weight is 355 g/mol. The number of aliphatic carboxylic acids is 1. The molecule has 0 bridgehead atoms. The first-order valence-electron chi connectivity index (χ1n) is 7.99. The second kappa shape index (κ2) is 9.93. The molecule has 0 aliphatic rings. The van der Waals surface area contributed by atoms with Gasteiger partial charge in [-0.2, -0.15) is 0 Å². The van der Waals surface area contributed by atoms with Gasteiger partial charge < -0.3 is 15.3 Å². The zero-order valence-corrected chi connectivity index (χ0v) is 14.7. The first-order valence-corrected chi connectivity index (χ1v) is 8.37. The molecule has 0 saturated carbocycles. The van der Waals surface area contributed by atoms with Crippen LogP contribution in [0.25, 0.3) is 0 Å². The van der Waals surface area contributed by atoms with Gasteiger partial charge in [-0.25, -0.2) is 0 Å². The number of amides is 2. The van der Waals surface area contributed by atoms with Crippen LogP contribution >= 0.6 is 11.6 Å². The zero-order valence-electron chi connectivity index (χ0n) is 14.0. The van der Waals surface area contributed by atoms with Crippen molar-refractivity contribution in [2.24, 2.45) is 0 Å². The zero-order chi connectivity index (χ0) is 18.1. The maximum absolute atomic E-state index is 12.3. The van der Waals surface area contributed by atoms with Gasteiger partial charge in [-0.3, -0.25) is 14.4 Å². The van der Waals surface area contributed by atoms with E-state index >= 15 is 0 Å². The highest BCUT2D eigenvalue weighted by atomic mass is 35.5. The van der Waals surface area contributed by atoms with Crippen LogP contribution in [-0.4, -0.2) is 40.9 Å². The lowest BCUT2D eigenvalue weighted by Gasteiger charge is -2.19. The quantitative estimate of drug-likeness (QED) is 0.665. The van der Waals surface area contributed by atoms with Crippen molar-refractivity contribution in [1.29, 1.82) is 0 Å². The Kier molecular flexibility index (Phi) is 8.26. The molecule has 1 aromatic rings. The van der Waals surface area contributed by atoms with E-state index < -0.39 is 5.97 Å². The van der Waals surface area contributed by atoms with Crippen molar-refractivity contribution >= 4 is 35.1 Å². The number of unbranched alkanes of at least 4 members (excludes halogenated alkanes) is 1. The van der Waals surface area contributed by atoms with E-state index in [1.54, 1.807) is 23.1 Å². The van der Waals surface area contributed by atoms with Gasteiger partial charge in [0.25, 0.3) is 5.91 Å².